The maximum absolute atomic E-state index is 11.8. The lowest BCUT2D eigenvalue weighted by molar-refractivity contribution is 0.0983. The Bertz CT molecular complexity index is 945. The highest BCUT2D eigenvalue weighted by Gasteiger charge is 2.34. The van der Waals surface area contributed by atoms with Crippen molar-refractivity contribution in [3.63, 3.8) is 0 Å². The number of primary amides is 1. The number of rotatable bonds is 1. The predicted octanol–water partition coefficient (Wildman–Crippen LogP) is 2.37. The smallest absolute Gasteiger partial charge is 0.286 e. The molecule has 2 aromatic rings. The second-order valence-electron chi connectivity index (χ2n) is 7.51. The van der Waals surface area contributed by atoms with Gasteiger partial charge in [-0.05, 0) is 56.6 Å². The maximum atomic E-state index is 11.8. The number of benzene rings is 1. The van der Waals surface area contributed by atoms with E-state index in [1.807, 2.05) is 0 Å². The minimum absolute atomic E-state index is 0.0128. The molecule has 4 N–H and O–H groups in total. The van der Waals surface area contributed by atoms with Gasteiger partial charge in [0.2, 0.25) is 5.82 Å². The first-order valence-corrected chi connectivity index (χ1v) is 8.78. The van der Waals surface area contributed by atoms with Crippen molar-refractivity contribution in [2.45, 2.75) is 39.7 Å². The Labute approximate surface area is 151 Å². The van der Waals surface area contributed by atoms with Gasteiger partial charge in [0.1, 0.15) is 11.5 Å². The Kier molecular flexibility index (Phi) is 3.75. The fourth-order valence-electron chi connectivity index (χ4n) is 4.37. The van der Waals surface area contributed by atoms with Crippen molar-refractivity contribution in [1.29, 1.82) is 0 Å². The van der Waals surface area contributed by atoms with Crippen LogP contribution in [-0.4, -0.2) is 30.9 Å². The Hall–Kier alpha value is -2.83. The van der Waals surface area contributed by atoms with E-state index in [9.17, 15) is 15.0 Å². The van der Waals surface area contributed by atoms with E-state index in [4.69, 9.17) is 5.73 Å². The van der Waals surface area contributed by atoms with E-state index < -0.39 is 5.91 Å². The van der Waals surface area contributed by atoms with Crippen molar-refractivity contribution >= 4 is 5.91 Å². The van der Waals surface area contributed by atoms with Gasteiger partial charge in [-0.2, -0.15) is 0 Å². The molecule has 7 nitrogen and oxygen atoms in total. The van der Waals surface area contributed by atoms with Gasteiger partial charge in [0.25, 0.3) is 5.91 Å². The van der Waals surface area contributed by atoms with Crippen LogP contribution in [-0.2, 0) is 13.0 Å². The van der Waals surface area contributed by atoms with Crippen LogP contribution in [0.4, 0.5) is 0 Å². The van der Waals surface area contributed by atoms with Crippen LogP contribution < -0.4 is 5.73 Å². The molecule has 0 fully saturated rings. The number of hydrogen-bond acceptors (Lipinski definition) is 5. The number of aromatic hydroxyl groups is 2. The Balaban J connectivity index is 1.95. The summed E-state index contributed by atoms with van der Waals surface area (Å²) in [6.07, 6.45) is 2.62. The van der Waals surface area contributed by atoms with Crippen LogP contribution in [0.3, 0.4) is 0 Å². The largest absolute Gasteiger partial charge is 0.508 e. The molecule has 2 aliphatic rings. The number of aromatic nitrogens is 3. The third-order valence-corrected chi connectivity index (χ3v) is 5.81. The zero-order valence-electron chi connectivity index (χ0n) is 14.9. The molecule has 0 spiro atoms. The summed E-state index contributed by atoms with van der Waals surface area (Å²) < 4.78 is 1.72. The molecule has 0 radical (unpaired) electrons. The number of phenolic OH excluding ortho intramolecular Hbond substituents is 2. The van der Waals surface area contributed by atoms with Crippen LogP contribution in [0.2, 0.25) is 0 Å². The molecule has 1 aliphatic carbocycles. The second-order valence-corrected chi connectivity index (χ2v) is 7.51. The van der Waals surface area contributed by atoms with Gasteiger partial charge in [-0.3, -0.25) is 4.79 Å². The van der Waals surface area contributed by atoms with E-state index in [-0.39, 0.29) is 17.3 Å². The number of carbonyl (C=O) groups is 1. The molecule has 2 unspecified atom stereocenters. The van der Waals surface area contributed by atoms with Crippen LogP contribution in [0, 0.1) is 11.8 Å². The van der Waals surface area contributed by atoms with Gasteiger partial charge in [0.05, 0.1) is 5.56 Å². The lowest BCUT2D eigenvalue weighted by Crippen LogP contribution is -2.30. The first-order valence-electron chi connectivity index (χ1n) is 8.78. The average Bonchev–Trinajstić information content (AvgIpc) is 2.93. The van der Waals surface area contributed by atoms with E-state index in [0.29, 0.717) is 29.8 Å². The summed E-state index contributed by atoms with van der Waals surface area (Å²) in [5.41, 5.74) is 9.59. The molecule has 0 bridgehead atoms. The first-order chi connectivity index (χ1) is 12.3. The summed E-state index contributed by atoms with van der Waals surface area (Å²) in [7, 11) is 0. The molecular formula is C19H22N4O3. The van der Waals surface area contributed by atoms with E-state index in [1.165, 1.54) is 17.2 Å². The lowest BCUT2D eigenvalue weighted by atomic mass is 9.72. The summed E-state index contributed by atoms with van der Waals surface area (Å²) in [5.74, 6) is 0.483. The Morgan fingerprint density at radius 2 is 1.81 bits per heavy atom. The topological polar surface area (TPSA) is 114 Å². The van der Waals surface area contributed by atoms with Crippen molar-refractivity contribution < 1.29 is 15.0 Å². The van der Waals surface area contributed by atoms with E-state index in [0.717, 1.165) is 24.8 Å². The normalized spacial score (nSPS) is 22.1. The van der Waals surface area contributed by atoms with Gasteiger partial charge in [-0.15, -0.1) is 10.2 Å². The molecule has 1 aromatic carbocycles. The van der Waals surface area contributed by atoms with E-state index in [1.54, 1.807) is 10.6 Å². The Morgan fingerprint density at radius 1 is 1.12 bits per heavy atom. The molecule has 4 rings (SSSR count). The number of carbonyl (C=O) groups excluding carboxylic acids is 1. The monoisotopic (exact) mass is 354 g/mol. The standard InChI is InChI=1S/C19H22N4O3/c1-9-3-11-5-12-6-14(24)7-15(25)16(12)18-21-22-19(17(20)26)23(18)8-13(11)4-10(9)2/h6-7,11,13,24-25H,3-5,8H2,1-2H3,(H2,20,26). The lowest BCUT2D eigenvalue weighted by Gasteiger charge is -2.36. The third-order valence-electron chi connectivity index (χ3n) is 5.81. The zero-order valence-corrected chi connectivity index (χ0v) is 14.9. The summed E-state index contributed by atoms with van der Waals surface area (Å²) in [4.78, 5) is 11.8. The minimum atomic E-state index is -0.639. The van der Waals surface area contributed by atoms with Gasteiger partial charge in [-0.25, -0.2) is 0 Å². The minimum Gasteiger partial charge on any atom is -0.508 e. The van der Waals surface area contributed by atoms with Gasteiger partial charge in [0, 0.05) is 12.6 Å². The number of fused-ring (bicyclic) bond motifs is 4. The molecule has 2 atom stereocenters. The highest BCUT2D eigenvalue weighted by atomic mass is 16.3. The van der Waals surface area contributed by atoms with Crippen LogP contribution in [0.15, 0.2) is 23.3 Å². The molecule has 0 saturated heterocycles. The zero-order chi connectivity index (χ0) is 18.6. The number of hydrogen-bond donors (Lipinski definition) is 3. The SMILES string of the molecule is CC1=C(C)CC2Cn3c(C(N)=O)nnc3-c3c(O)cc(O)cc3CC2C1. The number of allylic oxidation sites excluding steroid dienone is 2. The molecule has 1 aromatic heterocycles. The molecular weight excluding hydrogens is 332 g/mol. The first kappa shape index (κ1) is 16.6. The van der Waals surface area contributed by atoms with E-state index in [2.05, 4.69) is 24.0 Å². The average molecular weight is 354 g/mol. The number of phenols is 2. The fraction of sp³-hybridized carbons (Fsp3) is 0.421. The van der Waals surface area contributed by atoms with Crippen LogP contribution in [0.25, 0.3) is 11.4 Å². The van der Waals surface area contributed by atoms with Crippen molar-refractivity contribution in [2.24, 2.45) is 17.6 Å². The van der Waals surface area contributed by atoms with Crippen LogP contribution >= 0.6 is 0 Å². The fourth-order valence-corrected chi connectivity index (χ4v) is 4.37. The van der Waals surface area contributed by atoms with Crippen LogP contribution in [0.5, 0.6) is 11.5 Å². The number of nitrogens with two attached hydrogens (primary N) is 1. The highest BCUT2D eigenvalue weighted by molar-refractivity contribution is 5.90. The van der Waals surface area contributed by atoms with Gasteiger partial charge >= 0.3 is 0 Å². The van der Waals surface area contributed by atoms with Crippen molar-refractivity contribution in [3.8, 4) is 22.9 Å². The van der Waals surface area contributed by atoms with Crippen molar-refractivity contribution in [3.05, 3.63) is 34.7 Å². The van der Waals surface area contributed by atoms with Gasteiger partial charge in [-0.1, -0.05) is 11.1 Å². The number of nitrogens with zero attached hydrogens (tertiary/aromatic N) is 3. The Morgan fingerprint density at radius 3 is 2.50 bits per heavy atom. The number of amides is 1. The quantitative estimate of drug-likeness (QED) is 0.680. The maximum Gasteiger partial charge on any atom is 0.286 e. The van der Waals surface area contributed by atoms with Crippen LogP contribution in [0.1, 0.15) is 42.9 Å². The molecule has 0 saturated carbocycles. The summed E-state index contributed by atoms with van der Waals surface area (Å²) in [6, 6.07) is 2.96. The molecule has 26 heavy (non-hydrogen) atoms. The summed E-state index contributed by atoms with van der Waals surface area (Å²) in [5, 5.41) is 28.6. The summed E-state index contributed by atoms with van der Waals surface area (Å²) in [6.45, 7) is 4.89. The molecule has 7 heteroatoms. The molecule has 2 heterocycles. The highest BCUT2D eigenvalue weighted by Crippen LogP contribution is 2.44. The van der Waals surface area contributed by atoms with Crippen molar-refractivity contribution in [2.75, 3.05) is 0 Å². The summed E-state index contributed by atoms with van der Waals surface area (Å²) >= 11 is 0. The van der Waals surface area contributed by atoms with Crippen molar-refractivity contribution in [1.82, 2.24) is 14.8 Å². The van der Waals surface area contributed by atoms with E-state index >= 15 is 0 Å². The predicted molar refractivity (Wildman–Crippen MR) is 95.6 cm³/mol. The third kappa shape index (κ3) is 2.55. The molecule has 136 valence electrons. The second kappa shape index (κ2) is 5.86. The molecule has 1 aliphatic heterocycles. The molecule has 1 amide bonds. The van der Waals surface area contributed by atoms with Gasteiger partial charge in [0.15, 0.2) is 5.82 Å². The van der Waals surface area contributed by atoms with Gasteiger partial charge < -0.3 is 20.5 Å².